The van der Waals surface area contributed by atoms with Gasteiger partial charge in [0, 0.05) is 19.0 Å². The molecule has 0 aliphatic rings. The lowest BCUT2D eigenvalue weighted by Gasteiger charge is -2.19. The fourth-order valence-corrected chi connectivity index (χ4v) is 2.32. The highest BCUT2D eigenvalue weighted by molar-refractivity contribution is 5.92. The van der Waals surface area contributed by atoms with Crippen molar-refractivity contribution < 1.29 is 0 Å². The molecule has 3 nitrogen and oxygen atoms in total. The van der Waals surface area contributed by atoms with Gasteiger partial charge in [-0.3, -0.25) is 0 Å². The van der Waals surface area contributed by atoms with Gasteiger partial charge in [0.25, 0.3) is 0 Å². The molecule has 0 saturated carbocycles. The van der Waals surface area contributed by atoms with Crippen LogP contribution in [0.1, 0.15) is 19.5 Å². The molecule has 0 aliphatic carbocycles. The van der Waals surface area contributed by atoms with Gasteiger partial charge in [0.1, 0.15) is 5.82 Å². The van der Waals surface area contributed by atoms with E-state index in [9.17, 15) is 0 Å². The minimum Gasteiger partial charge on any atom is -0.348 e. The maximum absolute atomic E-state index is 5.43. The van der Waals surface area contributed by atoms with Crippen molar-refractivity contribution in [2.75, 3.05) is 25.0 Å². The summed E-state index contributed by atoms with van der Waals surface area (Å²) in [5, 5.41) is 5.79. The number of benzene rings is 1. The lowest BCUT2D eigenvalue weighted by molar-refractivity contribution is 0.548. The van der Waals surface area contributed by atoms with E-state index in [1.165, 1.54) is 5.39 Å². The molecular formula is C18H23N3. The Morgan fingerprint density at radius 3 is 2.81 bits per heavy atom. The SMILES string of the molecule is C#CCN(C)c1nc(CNCC(C)C)cc2ccccc12. The van der Waals surface area contributed by atoms with Crippen molar-refractivity contribution in [3.05, 3.63) is 36.0 Å². The first-order valence-electron chi connectivity index (χ1n) is 7.35. The van der Waals surface area contributed by atoms with Crippen LogP contribution in [0.3, 0.4) is 0 Å². The van der Waals surface area contributed by atoms with E-state index < -0.39 is 0 Å². The molecule has 0 unspecified atom stereocenters. The minimum absolute atomic E-state index is 0.555. The van der Waals surface area contributed by atoms with E-state index in [4.69, 9.17) is 11.4 Å². The summed E-state index contributed by atoms with van der Waals surface area (Å²) in [7, 11) is 1.99. The van der Waals surface area contributed by atoms with Crippen LogP contribution in [-0.2, 0) is 6.54 Å². The van der Waals surface area contributed by atoms with Crippen LogP contribution in [0.15, 0.2) is 30.3 Å². The summed E-state index contributed by atoms with van der Waals surface area (Å²) in [5.41, 5.74) is 1.05. The van der Waals surface area contributed by atoms with Crippen molar-refractivity contribution in [3.63, 3.8) is 0 Å². The molecule has 0 radical (unpaired) electrons. The molecule has 0 atom stereocenters. The minimum atomic E-state index is 0.555. The van der Waals surface area contributed by atoms with E-state index in [2.05, 4.69) is 49.4 Å². The van der Waals surface area contributed by atoms with Crippen molar-refractivity contribution in [2.24, 2.45) is 5.92 Å². The molecule has 1 N–H and O–H groups in total. The number of nitrogens with zero attached hydrogens (tertiary/aromatic N) is 2. The number of hydrogen-bond acceptors (Lipinski definition) is 3. The molecule has 0 fully saturated rings. The number of terminal acetylenes is 1. The Morgan fingerprint density at radius 2 is 2.10 bits per heavy atom. The number of fused-ring (bicyclic) bond motifs is 1. The van der Waals surface area contributed by atoms with Crippen molar-refractivity contribution in [1.82, 2.24) is 10.3 Å². The Kier molecular flexibility index (Phi) is 5.19. The maximum atomic E-state index is 5.43. The second kappa shape index (κ2) is 7.10. The molecule has 0 spiro atoms. The van der Waals surface area contributed by atoms with Gasteiger partial charge in [-0.25, -0.2) is 4.98 Å². The van der Waals surface area contributed by atoms with Crippen molar-refractivity contribution in [2.45, 2.75) is 20.4 Å². The highest BCUT2D eigenvalue weighted by atomic mass is 15.2. The predicted molar refractivity (Wildman–Crippen MR) is 90.4 cm³/mol. The lowest BCUT2D eigenvalue weighted by atomic mass is 10.1. The molecule has 0 bridgehead atoms. The average molecular weight is 281 g/mol. The topological polar surface area (TPSA) is 28.2 Å². The average Bonchev–Trinajstić information content (AvgIpc) is 2.46. The van der Waals surface area contributed by atoms with E-state index in [0.29, 0.717) is 12.5 Å². The number of nitrogens with one attached hydrogen (secondary N) is 1. The molecule has 2 rings (SSSR count). The maximum Gasteiger partial charge on any atom is 0.137 e. The summed E-state index contributed by atoms with van der Waals surface area (Å²) in [4.78, 5) is 6.81. The van der Waals surface area contributed by atoms with E-state index >= 15 is 0 Å². The molecule has 110 valence electrons. The van der Waals surface area contributed by atoms with Crippen molar-refractivity contribution >= 4 is 16.6 Å². The van der Waals surface area contributed by atoms with Gasteiger partial charge in [0.05, 0.1) is 12.2 Å². The van der Waals surface area contributed by atoms with Crippen molar-refractivity contribution in [3.8, 4) is 12.3 Å². The van der Waals surface area contributed by atoms with Crippen LogP contribution in [0.2, 0.25) is 0 Å². The molecule has 0 aliphatic heterocycles. The van der Waals surface area contributed by atoms with Crippen LogP contribution in [0, 0.1) is 18.3 Å². The second-order valence-electron chi connectivity index (χ2n) is 5.74. The summed E-state index contributed by atoms with van der Waals surface area (Å²) >= 11 is 0. The fourth-order valence-electron chi connectivity index (χ4n) is 2.32. The Hall–Kier alpha value is -2.05. The fraction of sp³-hybridized carbons (Fsp3) is 0.389. The van der Waals surface area contributed by atoms with Gasteiger partial charge in [-0.05, 0) is 23.9 Å². The van der Waals surface area contributed by atoms with Gasteiger partial charge < -0.3 is 10.2 Å². The van der Waals surface area contributed by atoms with E-state index in [-0.39, 0.29) is 0 Å². The molecule has 1 aromatic heterocycles. The third kappa shape index (κ3) is 3.96. The largest absolute Gasteiger partial charge is 0.348 e. The molecule has 2 aromatic rings. The number of pyridine rings is 1. The molecule has 21 heavy (non-hydrogen) atoms. The van der Waals surface area contributed by atoms with Gasteiger partial charge in [-0.1, -0.05) is 44.0 Å². The number of anilines is 1. The van der Waals surface area contributed by atoms with E-state index in [1.54, 1.807) is 0 Å². The van der Waals surface area contributed by atoms with Crippen LogP contribution in [-0.4, -0.2) is 25.1 Å². The van der Waals surface area contributed by atoms with Gasteiger partial charge in [-0.2, -0.15) is 0 Å². The number of aromatic nitrogens is 1. The Morgan fingerprint density at radius 1 is 1.33 bits per heavy atom. The number of hydrogen-bond donors (Lipinski definition) is 1. The quantitative estimate of drug-likeness (QED) is 0.825. The molecule has 3 heteroatoms. The monoisotopic (exact) mass is 281 g/mol. The zero-order chi connectivity index (χ0) is 15.2. The Labute approximate surface area is 127 Å². The Bertz CT molecular complexity index is 640. The third-order valence-electron chi connectivity index (χ3n) is 3.32. The van der Waals surface area contributed by atoms with Crippen molar-refractivity contribution in [1.29, 1.82) is 0 Å². The normalized spacial score (nSPS) is 10.8. The van der Waals surface area contributed by atoms with E-state index in [0.717, 1.165) is 30.0 Å². The summed E-state index contributed by atoms with van der Waals surface area (Å²) in [5.74, 6) is 4.26. The summed E-state index contributed by atoms with van der Waals surface area (Å²) in [6, 6.07) is 10.5. The van der Waals surface area contributed by atoms with Crippen LogP contribution >= 0.6 is 0 Å². The lowest BCUT2D eigenvalue weighted by Crippen LogP contribution is -2.22. The van der Waals surface area contributed by atoms with Crippen LogP contribution < -0.4 is 10.2 Å². The molecular weight excluding hydrogens is 258 g/mol. The first-order valence-corrected chi connectivity index (χ1v) is 7.35. The highest BCUT2D eigenvalue weighted by Crippen LogP contribution is 2.24. The van der Waals surface area contributed by atoms with Gasteiger partial charge in [0.2, 0.25) is 0 Å². The summed E-state index contributed by atoms with van der Waals surface area (Å²) in [6.45, 7) is 6.73. The second-order valence-corrected chi connectivity index (χ2v) is 5.74. The van der Waals surface area contributed by atoms with Crippen LogP contribution in [0.5, 0.6) is 0 Å². The van der Waals surface area contributed by atoms with Gasteiger partial charge in [0.15, 0.2) is 0 Å². The molecule has 1 aromatic carbocycles. The summed E-state index contributed by atoms with van der Waals surface area (Å²) in [6.07, 6.45) is 5.43. The molecule has 1 heterocycles. The van der Waals surface area contributed by atoms with E-state index in [1.807, 2.05) is 18.0 Å². The molecule has 0 saturated heterocycles. The standard InChI is InChI=1S/C18H23N3/c1-5-10-21(4)18-17-9-7-6-8-15(17)11-16(20-18)13-19-12-14(2)3/h1,6-9,11,14,19H,10,12-13H2,2-4H3. The highest BCUT2D eigenvalue weighted by Gasteiger charge is 2.09. The zero-order valence-corrected chi connectivity index (χ0v) is 13.1. The third-order valence-corrected chi connectivity index (χ3v) is 3.32. The molecule has 0 amide bonds. The van der Waals surface area contributed by atoms with Gasteiger partial charge >= 0.3 is 0 Å². The van der Waals surface area contributed by atoms with Crippen LogP contribution in [0.25, 0.3) is 10.8 Å². The Balaban J connectivity index is 2.33. The summed E-state index contributed by atoms with van der Waals surface area (Å²) < 4.78 is 0. The first-order chi connectivity index (χ1) is 10.1. The smallest absolute Gasteiger partial charge is 0.137 e. The van der Waals surface area contributed by atoms with Crippen LogP contribution in [0.4, 0.5) is 5.82 Å². The zero-order valence-electron chi connectivity index (χ0n) is 13.1. The predicted octanol–water partition coefficient (Wildman–Crippen LogP) is 3.05. The first kappa shape index (κ1) is 15.3. The van der Waals surface area contributed by atoms with Gasteiger partial charge in [-0.15, -0.1) is 6.42 Å². The number of rotatable bonds is 6.